The molecule has 2 rings (SSSR count). The summed E-state index contributed by atoms with van der Waals surface area (Å²) in [6.07, 6.45) is 17.8. The Bertz CT molecular complexity index is 758. The molecule has 5 N–H and O–H groups in total. The predicted octanol–water partition coefficient (Wildman–Crippen LogP) is 6.03. The highest BCUT2D eigenvalue weighted by atomic mass is 16.5. The molecular formula is C35H64O8. The van der Waals surface area contributed by atoms with Crippen molar-refractivity contribution >= 4 is 5.97 Å². The van der Waals surface area contributed by atoms with Crippen LogP contribution >= 0.6 is 0 Å². The SMILES string of the molecule is CCCCCCCCCCCCCC[C@@H](O)[C@@H](O)C[C@@H](O)[C@@H](O)[C@@H]1CC[C@H](CCCCC[C@H](O)CC2=C[C@H](C)OC2=O)O1. The molecule has 252 valence electrons. The van der Waals surface area contributed by atoms with Crippen molar-refractivity contribution < 1.29 is 39.8 Å². The van der Waals surface area contributed by atoms with Crippen molar-refractivity contribution in [2.24, 2.45) is 0 Å². The Morgan fingerprint density at radius 2 is 1.33 bits per heavy atom. The van der Waals surface area contributed by atoms with Gasteiger partial charge in [0, 0.05) is 18.4 Å². The number of hydrogen-bond acceptors (Lipinski definition) is 8. The number of aliphatic hydroxyl groups excluding tert-OH is 5. The molecule has 8 atom stereocenters. The Hall–Kier alpha value is -1.03. The summed E-state index contributed by atoms with van der Waals surface area (Å²) in [5.41, 5.74) is 0.563. The quantitative estimate of drug-likeness (QED) is 0.0590. The van der Waals surface area contributed by atoms with Crippen molar-refractivity contribution in [3.63, 3.8) is 0 Å². The molecule has 0 aliphatic carbocycles. The van der Waals surface area contributed by atoms with Crippen LogP contribution in [0.2, 0.25) is 0 Å². The summed E-state index contributed by atoms with van der Waals surface area (Å²) < 4.78 is 11.1. The second-order valence-corrected chi connectivity index (χ2v) is 13.3. The van der Waals surface area contributed by atoms with Crippen LogP contribution in [0, 0.1) is 0 Å². The van der Waals surface area contributed by atoms with E-state index in [1.54, 1.807) is 6.08 Å². The van der Waals surface area contributed by atoms with Crippen molar-refractivity contribution in [1.29, 1.82) is 0 Å². The van der Waals surface area contributed by atoms with E-state index in [0.717, 1.165) is 51.4 Å². The van der Waals surface area contributed by atoms with Crippen molar-refractivity contribution in [2.45, 2.75) is 204 Å². The van der Waals surface area contributed by atoms with Crippen LogP contribution in [0.4, 0.5) is 0 Å². The fraction of sp³-hybridized carbons (Fsp3) is 0.914. The van der Waals surface area contributed by atoms with Crippen LogP contribution in [0.1, 0.15) is 155 Å². The molecule has 8 heteroatoms. The van der Waals surface area contributed by atoms with E-state index in [1.165, 1.54) is 57.8 Å². The third-order valence-electron chi connectivity index (χ3n) is 9.21. The van der Waals surface area contributed by atoms with Crippen LogP contribution in [0.5, 0.6) is 0 Å². The molecular weight excluding hydrogens is 548 g/mol. The molecule has 8 nitrogen and oxygen atoms in total. The number of esters is 1. The monoisotopic (exact) mass is 612 g/mol. The smallest absolute Gasteiger partial charge is 0.334 e. The number of rotatable bonds is 26. The number of hydrogen-bond donors (Lipinski definition) is 5. The minimum Gasteiger partial charge on any atom is -0.455 e. The highest BCUT2D eigenvalue weighted by molar-refractivity contribution is 5.90. The highest BCUT2D eigenvalue weighted by Crippen LogP contribution is 2.29. The van der Waals surface area contributed by atoms with Crippen molar-refractivity contribution in [1.82, 2.24) is 0 Å². The van der Waals surface area contributed by atoms with E-state index in [4.69, 9.17) is 9.47 Å². The topological polar surface area (TPSA) is 137 Å². The number of carbonyl (C=O) groups excluding carboxylic acids is 1. The van der Waals surface area contributed by atoms with Gasteiger partial charge in [-0.2, -0.15) is 0 Å². The zero-order valence-electron chi connectivity index (χ0n) is 27.2. The molecule has 2 heterocycles. The van der Waals surface area contributed by atoms with Gasteiger partial charge in [-0.05, 0) is 45.1 Å². The summed E-state index contributed by atoms with van der Waals surface area (Å²) in [6, 6.07) is 0. The summed E-state index contributed by atoms with van der Waals surface area (Å²) >= 11 is 0. The third kappa shape index (κ3) is 16.2. The molecule has 2 aliphatic heterocycles. The van der Waals surface area contributed by atoms with Crippen LogP contribution < -0.4 is 0 Å². The largest absolute Gasteiger partial charge is 0.455 e. The Kier molecular flexibility index (Phi) is 19.9. The number of ether oxygens (including phenoxy) is 2. The first-order valence-corrected chi connectivity index (χ1v) is 17.7. The molecule has 0 aromatic heterocycles. The average Bonchev–Trinajstić information content (AvgIpc) is 3.57. The van der Waals surface area contributed by atoms with Crippen molar-refractivity contribution in [3.05, 3.63) is 11.6 Å². The first-order chi connectivity index (χ1) is 20.7. The molecule has 1 saturated heterocycles. The maximum Gasteiger partial charge on any atom is 0.334 e. The molecule has 0 aromatic rings. The van der Waals surface area contributed by atoms with Crippen molar-refractivity contribution in [2.75, 3.05) is 0 Å². The van der Waals surface area contributed by atoms with Crippen LogP contribution in [0.3, 0.4) is 0 Å². The number of cyclic esters (lactones) is 1. The van der Waals surface area contributed by atoms with Gasteiger partial charge in [-0.3, -0.25) is 0 Å². The summed E-state index contributed by atoms with van der Waals surface area (Å²) in [7, 11) is 0. The van der Waals surface area contributed by atoms with Gasteiger partial charge in [-0.15, -0.1) is 0 Å². The first-order valence-electron chi connectivity index (χ1n) is 17.7. The molecule has 0 radical (unpaired) electrons. The maximum absolute atomic E-state index is 11.7. The Labute approximate surface area is 261 Å². The average molecular weight is 613 g/mol. The molecule has 2 aliphatic rings. The fourth-order valence-electron chi connectivity index (χ4n) is 6.44. The van der Waals surface area contributed by atoms with Gasteiger partial charge < -0.3 is 35.0 Å². The van der Waals surface area contributed by atoms with E-state index >= 15 is 0 Å². The van der Waals surface area contributed by atoms with Gasteiger partial charge in [0.2, 0.25) is 0 Å². The van der Waals surface area contributed by atoms with E-state index in [0.29, 0.717) is 31.3 Å². The minimum absolute atomic E-state index is 0.0259. The zero-order chi connectivity index (χ0) is 31.5. The number of carbonyl (C=O) groups is 1. The van der Waals surface area contributed by atoms with Crippen LogP contribution in [0.15, 0.2) is 11.6 Å². The van der Waals surface area contributed by atoms with E-state index in [2.05, 4.69) is 6.92 Å². The highest BCUT2D eigenvalue weighted by Gasteiger charge is 2.35. The summed E-state index contributed by atoms with van der Waals surface area (Å²) in [6.45, 7) is 4.05. The lowest BCUT2D eigenvalue weighted by atomic mass is 9.95. The molecule has 43 heavy (non-hydrogen) atoms. The predicted molar refractivity (Wildman–Crippen MR) is 170 cm³/mol. The first kappa shape index (κ1) is 38.2. The lowest BCUT2D eigenvalue weighted by Gasteiger charge is -2.27. The third-order valence-corrected chi connectivity index (χ3v) is 9.21. The van der Waals surface area contributed by atoms with Gasteiger partial charge in [0.15, 0.2) is 0 Å². The van der Waals surface area contributed by atoms with Crippen LogP contribution in [-0.2, 0) is 14.3 Å². The molecule has 1 fully saturated rings. The van der Waals surface area contributed by atoms with Gasteiger partial charge >= 0.3 is 5.97 Å². The Morgan fingerprint density at radius 3 is 1.93 bits per heavy atom. The van der Waals surface area contributed by atoms with Gasteiger partial charge in [-0.1, -0.05) is 103 Å². The summed E-state index contributed by atoms with van der Waals surface area (Å²) in [4.78, 5) is 11.7. The van der Waals surface area contributed by atoms with Gasteiger partial charge in [0.05, 0.1) is 36.6 Å². The van der Waals surface area contributed by atoms with Gasteiger partial charge in [0.25, 0.3) is 0 Å². The zero-order valence-corrected chi connectivity index (χ0v) is 27.2. The fourth-order valence-corrected chi connectivity index (χ4v) is 6.44. The molecule has 0 spiro atoms. The van der Waals surface area contributed by atoms with E-state index in [-0.39, 0.29) is 24.6 Å². The molecule has 0 saturated carbocycles. The minimum atomic E-state index is -1.15. The number of aliphatic hydroxyl groups is 5. The maximum atomic E-state index is 11.7. The standard InChI is InChI=1S/C35H64O8/c1-3-4-5-6-7-8-9-10-11-12-13-17-20-30(37)31(38)25-32(39)34(40)33-22-21-29(43-33)19-16-14-15-18-28(36)24-27-23-26(2)42-35(27)41/h23,26,28-34,36-40H,3-22,24-25H2,1-2H3/t26-,28-,29-,30+,31-,32+,33-,34+/m0/s1. The normalized spacial score (nSPS) is 24.0. The molecule has 0 amide bonds. The van der Waals surface area contributed by atoms with Gasteiger partial charge in [0.1, 0.15) is 12.2 Å². The lowest BCUT2D eigenvalue weighted by Crippen LogP contribution is -2.41. The van der Waals surface area contributed by atoms with E-state index < -0.39 is 36.6 Å². The molecule has 0 bridgehead atoms. The summed E-state index contributed by atoms with van der Waals surface area (Å²) in [5, 5.41) is 52.2. The van der Waals surface area contributed by atoms with Crippen molar-refractivity contribution in [3.8, 4) is 0 Å². The molecule has 0 aromatic carbocycles. The number of unbranched alkanes of at least 4 members (excludes halogenated alkanes) is 13. The Balaban J connectivity index is 1.47. The van der Waals surface area contributed by atoms with Crippen LogP contribution in [-0.4, -0.2) is 80.3 Å². The summed E-state index contributed by atoms with van der Waals surface area (Å²) in [5.74, 6) is -0.327. The van der Waals surface area contributed by atoms with E-state index in [9.17, 15) is 30.3 Å². The lowest BCUT2D eigenvalue weighted by molar-refractivity contribution is -0.139. The van der Waals surface area contributed by atoms with E-state index in [1.807, 2.05) is 6.92 Å². The van der Waals surface area contributed by atoms with Gasteiger partial charge in [-0.25, -0.2) is 4.79 Å². The molecule has 0 unspecified atom stereocenters. The second-order valence-electron chi connectivity index (χ2n) is 13.3. The van der Waals surface area contributed by atoms with Crippen LogP contribution in [0.25, 0.3) is 0 Å². The second kappa shape index (κ2) is 22.5. The Morgan fingerprint density at radius 1 is 0.744 bits per heavy atom.